The van der Waals surface area contributed by atoms with Gasteiger partial charge in [0.25, 0.3) is 0 Å². The molecule has 1 aromatic rings. The molecule has 62 valence electrons. The first-order valence-electron chi connectivity index (χ1n) is 4.21. The van der Waals surface area contributed by atoms with Crippen LogP contribution in [-0.4, -0.2) is 4.98 Å². The fourth-order valence-electron chi connectivity index (χ4n) is 1.26. The molecule has 0 radical (unpaired) electrons. The average Bonchev–Trinajstić information content (AvgIpc) is 2.15. The van der Waals surface area contributed by atoms with Gasteiger partial charge in [-0.15, -0.1) is 12.3 Å². The highest BCUT2D eigenvalue weighted by Crippen LogP contribution is 2.21. The van der Waals surface area contributed by atoms with E-state index in [-0.39, 0.29) is 0 Å². The lowest BCUT2D eigenvalue weighted by atomic mass is 9.95. The van der Waals surface area contributed by atoms with Gasteiger partial charge < -0.3 is 0 Å². The van der Waals surface area contributed by atoms with E-state index < -0.39 is 0 Å². The second-order valence-electron chi connectivity index (χ2n) is 2.80. The summed E-state index contributed by atoms with van der Waals surface area (Å²) in [5.41, 5.74) is 1.25. The minimum Gasteiger partial charge on any atom is -0.264 e. The van der Waals surface area contributed by atoms with Gasteiger partial charge in [0.2, 0.25) is 0 Å². The Hall–Kier alpha value is -1.29. The molecule has 1 unspecified atom stereocenters. The highest BCUT2D eigenvalue weighted by molar-refractivity contribution is 5.16. The quantitative estimate of drug-likeness (QED) is 0.618. The van der Waals surface area contributed by atoms with Crippen LogP contribution in [0.2, 0.25) is 0 Å². The molecule has 0 spiro atoms. The van der Waals surface area contributed by atoms with E-state index in [4.69, 9.17) is 6.42 Å². The predicted octanol–water partition coefficient (Wildman–Crippen LogP) is 2.60. The Kier molecular flexibility index (Phi) is 3.35. The van der Waals surface area contributed by atoms with Crippen LogP contribution in [0.15, 0.2) is 24.5 Å². The van der Waals surface area contributed by atoms with Crippen LogP contribution in [-0.2, 0) is 0 Å². The number of terminal acetylenes is 1. The summed E-state index contributed by atoms with van der Waals surface area (Å²) in [4.78, 5) is 4.07. The van der Waals surface area contributed by atoms with Crippen molar-refractivity contribution in [2.45, 2.75) is 25.7 Å². The van der Waals surface area contributed by atoms with Crippen LogP contribution >= 0.6 is 0 Å². The van der Waals surface area contributed by atoms with E-state index in [0.717, 1.165) is 12.8 Å². The second kappa shape index (κ2) is 4.56. The van der Waals surface area contributed by atoms with Crippen molar-refractivity contribution in [3.8, 4) is 12.3 Å². The van der Waals surface area contributed by atoms with Crippen molar-refractivity contribution in [3.05, 3.63) is 30.1 Å². The molecule has 0 aromatic carbocycles. The van der Waals surface area contributed by atoms with E-state index in [1.807, 2.05) is 12.3 Å². The van der Waals surface area contributed by atoms with Gasteiger partial charge in [-0.05, 0) is 24.0 Å². The van der Waals surface area contributed by atoms with Crippen LogP contribution in [0, 0.1) is 12.3 Å². The number of nitrogens with zero attached hydrogens (tertiary/aromatic N) is 1. The summed E-state index contributed by atoms with van der Waals surface area (Å²) in [7, 11) is 0. The highest BCUT2D eigenvalue weighted by Gasteiger charge is 2.06. The third-order valence-electron chi connectivity index (χ3n) is 2.01. The standard InChI is InChI=1S/C11H13N/c1-3-6-10(4-2)11-7-5-8-12-9-11/h1,5,7-10H,4,6H2,2H3. The molecule has 1 nitrogen and oxygen atoms in total. The third kappa shape index (κ3) is 2.10. The number of hydrogen-bond acceptors (Lipinski definition) is 1. The van der Waals surface area contributed by atoms with Crippen LogP contribution in [0.1, 0.15) is 31.2 Å². The summed E-state index contributed by atoms with van der Waals surface area (Å²) in [6.45, 7) is 2.15. The zero-order valence-corrected chi connectivity index (χ0v) is 7.33. The Morgan fingerprint density at radius 3 is 3.00 bits per heavy atom. The molecule has 0 aliphatic carbocycles. The van der Waals surface area contributed by atoms with Gasteiger partial charge in [0.1, 0.15) is 0 Å². The van der Waals surface area contributed by atoms with Crippen molar-refractivity contribution < 1.29 is 0 Å². The highest BCUT2D eigenvalue weighted by atomic mass is 14.6. The SMILES string of the molecule is C#CCC(CC)c1cccnc1. The van der Waals surface area contributed by atoms with Gasteiger partial charge >= 0.3 is 0 Å². The van der Waals surface area contributed by atoms with Gasteiger partial charge in [-0.25, -0.2) is 0 Å². The molecule has 1 heterocycles. The van der Waals surface area contributed by atoms with Crippen molar-refractivity contribution in [2.24, 2.45) is 0 Å². The minimum atomic E-state index is 0.476. The zero-order valence-electron chi connectivity index (χ0n) is 7.33. The molecule has 0 N–H and O–H groups in total. The topological polar surface area (TPSA) is 12.9 Å². The number of pyridine rings is 1. The number of hydrogen-bond donors (Lipinski definition) is 0. The maximum absolute atomic E-state index is 5.27. The Balaban J connectivity index is 2.75. The molecular formula is C11H13N. The molecule has 0 aliphatic heterocycles. The van der Waals surface area contributed by atoms with Crippen LogP contribution in [0.4, 0.5) is 0 Å². The van der Waals surface area contributed by atoms with Gasteiger partial charge in [0.15, 0.2) is 0 Å². The molecule has 1 atom stereocenters. The van der Waals surface area contributed by atoms with Gasteiger partial charge in [-0.3, -0.25) is 4.98 Å². The molecule has 0 saturated carbocycles. The van der Waals surface area contributed by atoms with Crippen LogP contribution in [0.5, 0.6) is 0 Å². The van der Waals surface area contributed by atoms with Crippen molar-refractivity contribution >= 4 is 0 Å². The maximum Gasteiger partial charge on any atom is 0.0303 e. The van der Waals surface area contributed by atoms with Crippen molar-refractivity contribution in [3.63, 3.8) is 0 Å². The maximum atomic E-state index is 5.27. The smallest absolute Gasteiger partial charge is 0.0303 e. The lowest BCUT2D eigenvalue weighted by molar-refractivity contribution is 0.681. The lowest BCUT2D eigenvalue weighted by Gasteiger charge is -2.10. The van der Waals surface area contributed by atoms with Gasteiger partial charge in [0.05, 0.1) is 0 Å². The summed E-state index contributed by atoms with van der Waals surface area (Å²) in [6, 6.07) is 4.03. The average molecular weight is 159 g/mol. The molecular weight excluding hydrogens is 146 g/mol. The van der Waals surface area contributed by atoms with E-state index in [0.29, 0.717) is 5.92 Å². The molecule has 0 amide bonds. The third-order valence-corrected chi connectivity index (χ3v) is 2.01. The van der Waals surface area contributed by atoms with E-state index >= 15 is 0 Å². The first-order chi connectivity index (χ1) is 5.88. The molecule has 12 heavy (non-hydrogen) atoms. The van der Waals surface area contributed by atoms with Crippen LogP contribution in [0.25, 0.3) is 0 Å². The minimum absolute atomic E-state index is 0.476. The van der Waals surface area contributed by atoms with Crippen molar-refractivity contribution in [1.29, 1.82) is 0 Å². The summed E-state index contributed by atoms with van der Waals surface area (Å²) in [5.74, 6) is 3.17. The Bertz CT molecular complexity index is 258. The number of aromatic nitrogens is 1. The molecule has 1 heteroatoms. The van der Waals surface area contributed by atoms with Gasteiger partial charge in [-0.1, -0.05) is 13.0 Å². The van der Waals surface area contributed by atoms with Gasteiger partial charge in [-0.2, -0.15) is 0 Å². The summed E-state index contributed by atoms with van der Waals surface area (Å²) >= 11 is 0. The predicted molar refractivity (Wildman–Crippen MR) is 50.7 cm³/mol. The zero-order chi connectivity index (χ0) is 8.81. The normalized spacial score (nSPS) is 12.0. The van der Waals surface area contributed by atoms with E-state index in [9.17, 15) is 0 Å². The first-order valence-corrected chi connectivity index (χ1v) is 4.21. The van der Waals surface area contributed by atoms with E-state index in [1.54, 1.807) is 6.20 Å². The van der Waals surface area contributed by atoms with Crippen LogP contribution < -0.4 is 0 Å². The molecule has 1 aromatic heterocycles. The molecule has 0 aliphatic rings. The second-order valence-corrected chi connectivity index (χ2v) is 2.80. The number of rotatable bonds is 3. The van der Waals surface area contributed by atoms with Crippen LogP contribution in [0.3, 0.4) is 0 Å². The Morgan fingerprint density at radius 2 is 2.50 bits per heavy atom. The Morgan fingerprint density at radius 1 is 1.67 bits per heavy atom. The summed E-state index contributed by atoms with van der Waals surface area (Å²) in [6.07, 6.45) is 10.8. The fraction of sp³-hybridized carbons (Fsp3) is 0.364. The monoisotopic (exact) mass is 159 g/mol. The lowest BCUT2D eigenvalue weighted by Crippen LogP contribution is -1.95. The summed E-state index contributed by atoms with van der Waals surface area (Å²) < 4.78 is 0. The molecule has 0 fully saturated rings. The molecule has 0 saturated heterocycles. The molecule has 1 rings (SSSR count). The Labute approximate surface area is 73.8 Å². The summed E-state index contributed by atoms with van der Waals surface area (Å²) in [5, 5.41) is 0. The van der Waals surface area contributed by atoms with E-state index in [1.165, 1.54) is 5.56 Å². The van der Waals surface area contributed by atoms with Crippen molar-refractivity contribution in [2.75, 3.05) is 0 Å². The first kappa shape index (κ1) is 8.80. The largest absolute Gasteiger partial charge is 0.264 e. The van der Waals surface area contributed by atoms with E-state index in [2.05, 4.69) is 23.9 Å². The fourth-order valence-corrected chi connectivity index (χ4v) is 1.26. The van der Waals surface area contributed by atoms with Gasteiger partial charge in [0, 0.05) is 18.8 Å². The molecule has 0 bridgehead atoms. The van der Waals surface area contributed by atoms with Crippen molar-refractivity contribution in [1.82, 2.24) is 4.98 Å².